The van der Waals surface area contributed by atoms with Crippen LogP contribution in [-0.4, -0.2) is 14.2 Å². The van der Waals surface area contributed by atoms with Crippen molar-refractivity contribution in [3.63, 3.8) is 0 Å². The van der Waals surface area contributed by atoms with Gasteiger partial charge in [0.15, 0.2) is 0 Å². The average Bonchev–Trinajstić information content (AvgIpc) is 2.00. The molecule has 0 amide bonds. The summed E-state index contributed by atoms with van der Waals surface area (Å²) in [6.07, 6.45) is 6.16. The molecule has 0 aromatic heterocycles. The summed E-state index contributed by atoms with van der Waals surface area (Å²) in [4.78, 5) is 0. The zero-order chi connectivity index (χ0) is 8.04. The van der Waals surface area contributed by atoms with Gasteiger partial charge in [-0.25, -0.2) is 0 Å². The molecule has 0 atom stereocenters. The lowest BCUT2D eigenvalue weighted by atomic mass is 10.7. The number of hydrogen-bond acceptors (Lipinski definition) is 3. The van der Waals surface area contributed by atoms with E-state index in [4.69, 9.17) is 6.42 Å². The minimum Gasteiger partial charge on any atom is -0.309 e. The summed E-state index contributed by atoms with van der Waals surface area (Å²) in [6.45, 7) is 0. The van der Waals surface area contributed by atoms with E-state index >= 15 is 0 Å². The molecule has 0 heterocycles. The lowest BCUT2D eigenvalue weighted by Crippen LogP contribution is -1.82. The summed E-state index contributed by atoms with van der Waals surface area (Å²) in [7, 11) is -0.427. The molecule has 0 aliphatic carbocycles. The minimum atomic E-state index is -3.02. The molecule has 0 saturated heterocycles. The zero-order valence-corrected chi connectivity index (χ0v) is 6.80. The molecule has 0 bridgehead atoms. The van der Waals surface area contributed by atoms with Gasteiger partial charge in [0.2, 0.25) is 0 Å². The fourth-order valence-corrected chi connectivity index (χ4v) is 0.992. The second-order valence-corrected chi connectivity index (χ2v) is 3.50. The highest BCUT2D eigenvalue weighted by molar-refractivity contribution is 7.57. The fraction of sp³-hybridized carbons (Fsp3) is 0.333. The summed E-state index contributed by atoms with van der Waals surface area (Å²) in [5.41, 5.74) is 0. The Morgan fingerprint density at radius 2 is 2.00 bits per heavy atom. The lowest BCUT2D eigenvalue weighted by molar-refractivity contribution is 0.286. The Kier molecular flexibility index (Phi) is 4.06. The molecule has 10 heavy (non-hydrogen) atoms. The average molecular weight is 160 g/mol. The van der Waals surface area contributed by atoms with Crippen LogP contribution < -0.4 is 0 Å². The minimum absolute atomic E-state index is 1.23. The third kappa shape index (κ3) is 2.84. The third-order valence-electron chi connectivity index (χ3n) is 0.862. The first-order valence-corrected chi connectivity index (χ1v) is 4.14. The molecular weight excluding hydrogens is 151 g/mol. The van der Waals surface area contributed by atoms with Crippen molar-refractivity contribution in [1.82, 2.24) is 0 Å². The molecule has 0 unspecified atom stereocenters. The van der Waals surface area contributed by atoms with E-state index in [1.807, 2.05) is 0 Å². The largest absolute Gasteiger partial charge is 0.354 e. The van der Waals surface area contributed by atoms with Crippen LogP contribution in [0, 0.1) is 12.3 Å². The summed E-state index contributed by atoms with van der Waals surface area (Å²) in [6, 6.07) is 0. The highest BCUT2D eigenvalue weighted by Gasteiger charge is 2.14. The van der Waals surface area contributed by atoms with E-state index in [1.54, 1.807) is 0 Å². The van der Waals surface area contributed by atoms with Crippen molar-refractivity contribution < 1.29 is 13.6 Å². The van der Waals surface area contributed by atoms with E-state index in [9.17, 15) is 4.57 Å². The van der Waals surface area contributed by atoms with E-state index < -0.39 is 7.60 Å². The van der Waals surface area contributed by atoms with Gasteiger partial charge in [-0.15, -0.1) is 6.42 Å². The Bertz CT molecular complexity index is 194. The monoisotopic (exact) mass is 160 g/mol. The Morgan fingerprint density at radius 1 is 1.50 bits per heavy atom. The van der Waals surface area contributed by atoms with Gasteiger partial charge in [-0.05, 0) is 6.08 Å². The lowest BCUT2D eigenvalue weighted by Gasteiger charge is -2.06. The van der Waals surface area contributed by atoms with Gasteiger partial charge in [0, 0.05) is 20.0 Å². The van der Waals surface area contributed by atoms with Crippen LogP contribution in [0.15, 0.2) is 11.9 Å². The van der Waals surface area contributed by atoms with Crippen LogP contribution in [0.2, 0.25) is 0 Å². The van der Waals surface area contributed by atoms with Crippen molar-refractivity contribution in [2.45, 2.75) is 0 Å². The maximum absolute atomic E-state index is 11.1. The van der Waals surface area contributed by atoms with Gasteiger partial charge < -0.3 is 9.05 Å². The third-order valence-corrected chi connectivity index (χ3v) is 2.39. The summed E-state index contributed by atoms with van der Waals surface area (Å²) in [5.74, 6) is 3.41. The first kappa shape index (κ1) is 9.45. The number of hydrogen-bond donors (Lipinski definition) is 0. The van der Waals surface area contributed by atoms with Crippen LogP contribution in [-0.2, 0) is 13.6 Å². The summed E-state index contributed by atoms with van der Waals surface area (Å²) < 4.78 is 20.2. The first-order valence-electron chi connectivity index (χ1n) is 2.53. The second-order valence-electron chi connectivity index (χ2n) is 1.39. The molecule has 56 valence electrons. The molecule has 0 aliphatic rings. The summed E-state index contributed by atoms with van der Waals surface area (Å²) >= 11 is 0. The molecule has 0 radical (unpaired) electrons. The molecule has 0 spiro atoms. The maximum Gasteiger partial charge on any atom is 0.354 e. The van der Waals surface area contributed by atoms with Crippen molar-refractivity contribution in [1.29, 1.82) is 0 Å². The molecule has 0 aliphatic heterocycles. The Morgan fingerprint density at radius 3 is 2.30 bits per heavy atom. The van der Waals surface area contributed by atoms with Crippen molar-refractivity contribution in [2.24, 2.45) is 0 Å². The first-order chi connectivity index (χ1) is 4.68. The second kappa shape index (κ2) is 4.29. The SMILES string of the molecule is C#C/C=C/P(=O)(OC)OC. The number of terminal acetylenes is 1. The topological polar surface area (TPSA) is 35.5 Å². The van der Waals surface area contributed by atoms with E-state index in [2.05, 4.69) is 15.0 Å². The molecule has 0 aromatic carbocycles. The highest BCUT2D eigenvalue weighted by atomic mass is 31.2. The quantitative estimate of drug-likeness (QED) is 0.464. The van der Waals surface area contributed by atoms with E-state index in [-0.39, 0.29) is 0 Å². The van der Waals surface area contributed by atoms with E-state index in [0.717, 1.165) is 0 Å². The van der Waals surface area contributed by atoms with Crippen LogP contribution >= 0.6 is 7.60 Å². The van der Waals surface area contributed by atoms with Gasteiger partial charge in [-0.1, -0.05) is 5.92 Å². The van der Waals surface area contributed by atoms with Crippen molar-refractivity contribution >= 4 is 7.60 Å². The van der Waals surface area contributed by atoms with Crippen LogP contribution in [0.4, 0.5) is 0 Å². The molecule has 0 aromatic rings. The van der Waals surface area contributed by atoms with Crippen molar-refractivity contribution in [3.05, 3.63) is 11.9 Å². The molecule has 0 fully saturated rings. The fourth-order valence-electron chi connectivity index (χ4n) is 0.331. The van der Waals surface area contributed by atoms with E-state index in [0.29, 0.717) is 0 Å². The molecule has 4 heteroatoms. The van der Waals surface area contributed by atoms with Gasteiger partial charge in [0.05, 0.1) is 0 Å². The van der Waals surface area contributed by atoms with E-state index in [1.165, 1.54) is 26.1 Å². The molecule has 3 nitrogen and oxygen atoms in total. The Labute approximate surface area is 60.6 Å². The Hall–Kier alpha value is -0.550. The molecule has 0 rings (SSSR count). The highest BCUT2D eigenvalue weighted by Crippen LogP contribution is 2.47. The molecular formula is C6H9O3P. The number of rotatable bonds is 3. The summed E-state index contributed by atoms with van der Waals surface area (Å²) in [5, 5.41) is 0. The Balaban J connectivity index is 4.25. The van der Waals surface area contributed by atoms with Crippen molar-refractivity contribution in [3.8, 4) is 12.3 Å². The molecule has 0 saturated carbocycles. The van der Waals surface area contributed by atoms with Crippen LogP contribution in [0.1, 0.15) is 0 Å². The van der Waals surface area contributed by atoms with Gasteiger partial charge in [-0.2, -0.15) is 0 Å². The van der Waals surface area contributed by atoms with Crippen LogP contribution in [0.5, 0.6) is 0 Å². The van der Waals surface area contributed by atoms with Gasteiger partial charge in [0.1, 0.15) is 0 Å². The zero-order valence-electron chi connectivity index (χ0n) is 5.90. The predicted octanol–water partition coefficient (Wildman–Crippen LogP) is 1.62. The molecule has 0 N–H and O–H groups in total. The van der Waals surface area contributed by atoms with Crippen molar-refractivity contribution in [2.75, 3.05) is 14.2 Å². The van der Waals surface area contributed by atoms with Crippen LogP contribution in [0.25, 0.3) is 0 Å². The smallest absolute Gasteiger partial charge is 0.309 e. The standard InChI is InChI=1S/C6H9O3P/c1-4-5-6-10(7,8-2)9-3/h1,5-6H,2-3H3/b6-5+. The predicted molar refractivity (Wildman–Crippen MR) is 39.6 cm³/mol. The number of allylic oxidation sites excluding steroid dienone is 1. The maximum atomic E-state index is 11.1. The van der Waals surface area contributed by atoms with Crippen LogP contribution in [0.3, 0.4) is 0 Å². The van der Waals surface area contributed by atoms with Gasteiger partial charge in [0.25, 0.3) is 0 Å². The normalized spacial score (nSPS) is 11.7. The van der Waals surface area contributed by atoms with Gasteiger partial charge >= 0.3 is 7.60 Å². The van der Waals surface area contributed by atoms with Gasteiger partial charge in [-0.3, -0.25) is 4.57 Å².